The first-order valence-corrected chi connectivity index (χ1v) is 7.54. The molecule has 10 heteroatoms. The quantitative estimate of drug-likeness (QED) is 0.631. The van der Waals surface area contributed by atoms with Crippen LogP contribution in [0.25, 0.3) is 0 Å². The lowest BCUT2D eigenvalue weighted by atomic mass is 9.80. The molecule has 1 heterocycles. The Bertz CT molecular complexity index is 897. The molecule has 0 saturated carbocycles. The van der Waals surface area contributed by atoms with E-state index in [0.29, 0.717) is 0 Å². The van der Waals surface area contributed by atoms with E-state index in [9.17, 15) is 32.0 Å². The molecule has 1 unspecified atom stereocenters. The van der Waals surface area contributed by atoms with Gasteiger partial charge in [0.1, 0.15) is 17.4 Å². The van der Waals surface area contributed by atoms with Crippen LogP contribution >= 0.6 is 0 Å². The molecule has 0 fully saturated rings. The van der Waals surface area contributed by atoms with Crippen LogP contribution in [0.5, 0.6) is 0 Å². The number of nitrogens with two attached hydrogens (primary N) is 1. The molecule has 0 amide bonds. The number of ether oxygens (including phenoxy) is 2. The summed E-state index contributed by atoms with van der Waals surface area (Å²) in [4.78, 5) is 12.3. The molecule has 144 valence electrons. The van der Waals surface area contributed by atoms with E-state index >= 15 is 0 Å². The monoisotopic (exact) mass is 388 g/mol. The average Bonchev–Trinajstić information content (AvgIpc) is 2.55. The van der Waals surface area contributed by atoms with Gasteiger partial charge in [-0.05, 0) is 31.5 Å². The fraction of sp³-hybridized carbons (Fsp3) is 0.294. The Morgan fingerprint density at radius 1 is 1.33 bits per heavy atom. The zero-order valence-corrected chi connectivity index (χ0v) is 14.1. The number of allylic oxidation sites excluding steroid dienone is 2. The van der Waals surface area contributed by atoms with Crippen molar-refractivity contribution in [2.75, 3.05) is 6.61 Å². The van der Waals surface area contributed by atoms with Crippen LogP contribution in [0, 0.1) is 23.0 Å². The van der Waals surface area contributed by atoms with Gasteiger partial charge in [-0.15, -0.1) is 0 Å². The third-order valence-corrected chi connectivity index (χ3v) is 3.81. The number of benzene rings is 1. The minimum Gasteiger partial charge on any atom is -0.463 e. The molecule has 0 aromatic heterocycles. The largest absolute Gasteiger partial charge is 0.463 e. The van der Waals surface area contributed by atoms with Crippen LogP contribution < -0.4 is 5.73 Å². The minimum absolute atomic E-state index is 0.0383. The first kappa shape index (κ1) is 20.2. The van der Waals surface area contributed by atoms with E-state index in [1.807, 2.05) is 0 Å². The van der Waals surface area contributed by atoms with Gasteiger partial charge in [0, 0.05) is 0 Å². The molecule has 0 radical (unpaired) electrons. The Morgan fingerprint density at radius 3 is 2.44 bits per heavy atom. The number of hydrogen-bond donors (Lipinski definition) is 1. The highest BCUT2D eigenvalue weighted by Crippen LogP contribution is 2.45. The topological polar surface area (TPSA) is 85.3 Å². The summed E-state index contributed by atoms with van der Waals surface area (Å²) < 4.78 is 77.4. The Labute approximate surface area is 150 Å². The molecule has 1 aliphatic rings. The number of carbonyl (C=O) groups is 1. The molecule has 27 heavy (non-hydrogen) atoms. The van der Waals surface area contributed by atoms with Crippen molar-refractivity contribution in [3.05, 3.63) is 57.7 Å². The second-order valence-electron chi connectivity index (χ2n) is 5.47. The Balaban J connectivity index is 2.85. The predicted octanol–water partition coefficient (Wildman–Crippen LogP) is 3.63. The van der Waals surface area contributed by atoms with Crippen molar-refractivity contribution in [2.45, 2.75) is 25.9 Å². The van der Waals surface area contributed by atoms with Gasteiger partial charge in [-0.25, -0.2) is 13.6 Å². The van der Waals surface area contributed by atoms with E-state index in [4.69, 9.17) is 15.2 Å². The van der Waals surface area contributed by atoms with Crippen molar-refractivity contribution in [3.8, 4) is 6.07 Å². The van der Waals surface area contributed by atoms with Gasteiger partial charge in [0.2, 0.25) is 5.88 Å². The summed E-state index contributed by atoms with van der Waals surface area (Å²) in [7, 11) is 0. The van der Waals surface area contributed by atoms with Crippen LogP contribution in [0.3, 0.4) is 0 Å². The Morgan fingerprint density at radius 2 is 1.93 bits per heavy atom. The molecule has 1 aromatic rings. The molecule has 1 atom stereocenters. The van der Waals surface area contributed by atoms with Gasteiger partial charge in [0.25, 0.3) is 0 Å². The van der Waals surface area contributed by atoms with E-state index in [1.165, 1.54) is 13.8 Å². The maximum absolute atomic E-state index is 13.8. The number of carbonyl (C=O) groups excluding carboxylic acids is 1. The maximum Gasteiger partial charge on any atom is 0.416 e. The third-order valence-electron chi connectivity index (χ3n) is 3.81. The summed E-state index contributed by atoms with van der Waals surface area (Å²) >= 11 is 0. The van der Waals surface area contributed by atoms with Crippen molar-refractivity contribution in [2.24, 2.45) is 5.73 Å². The second-order valence-corrected chi connectivity index (χ2v) is 5.47. The van der Waals surface area contributed by atoms with E-state index in [1.54, 1.807) is 6.07 Å². The van der Waals surface area contributed by atoms with Gasteiger partial charge in [-0.3, -0.25) is 0 Å². The lowest BCUT2D eigenvalue weighted by Gasteiger charge is -2.28. The van der Waals surface area contributed by atoms with Crippen LogP contribution in [-0.2, 0) is 20.4 Å². The molecule has 0 aliphatic carbocycles. The standard InChI is InChI=1S/C17H13F5N2O3/c1-3-26-16(25)13-7(2)27-15(24)9(6-23)14(13)8-4-11(18)12(19)5-10(8)17(20,21)22/h4-5,14H,3,24H2,1-2H3. The number of esters is 1. The first-order valence-electron chi connectivity index (χ1n) is 7.54. The number of halogens is 5. The molecule has 0 saturated heterocycles. The molecule has 1 aromatic carbocycles. The number of alkyl halides is 3. The Kier molecular flexibility index (Phi) is 5.44. The zero-order valence-electron chi connectivity index (χ0n) is 14.1. The van der Waals surface area contributed by atoms with Crippen molar-refractivity contribution in [1.29, 1.82) is 5.26 Å². The first-order chi connectivity index (χ1) is 12.5. The van der Waals surface area contributed by atoms with Crippen LogP contribution in [-0.4, -0.2) is 12.6 Å². The summed E-state index contributed by atoms with van der Waals surface area (Å²) in [5.74, 6) is -6.89. The summed E-state index contributed by atoms with van der Waals surface area (Å²) in [5.41, 5.74) is 2.15. The maximum atomic E-state index is 13.8. The van der Waals surface area contributed by atoms with E-state index in [0.717, 1.165) is 0 Å². The highest BCUT2D eigenvalue weighted by molar-refractivity contribution is 5.92. The van der Waals surface area contributed by atoms with Crippen LogP contribution in [0.15, 0.2) is 34.9 Å². The van der Waals surface area contributed by atoms with Crippen molar-refractivity contribution in [1.82, 2.24) is 0 Å². The fourth-order valence-corrected chi connectivity index (χ4v) is 2.71. The summed E-state index contributed by atoms with van der Waals surface area (Å²) in [6.45, 7) is 2.57. The second kappa shape index (κ2) is 7.26. The fourth-order valence-electron chi connectivity index (χ4n) is 2.71. The van der Waals surface area contributed by atoms with Gasteiger partial charge in [0.15, 0.2) is 11.6 Å². The van der Waals surface area contributed by atoms with Crippen molar-refractivity contribution < 1.29 is 36.2 Å². The number of nitrogens with zero attached hydrogens (tertiary/aromatic N) is 1. The molecule has 1 aliphatic heterocycles. The summed E-state index contributed by atoms with van der Waals surface area (Å²) in [5, 5.41) is 9.33. The minimum atomic E-state index is -5.09. The van der Waals surface area contributed by atoms with E-state index in [-0.39, 0.29) is 24.5 Å². The lowest BCUT2D eigenvalue weighted by Crippen LogP contribution is -2.27. The molecular formula is C17H13F5N2O3. The van der Waals surface area contributed by atoms with Crippen molar-refractivity contribution in [3.63, 3.8) is 0 Å². The molecule has 5 nitrogen and oxygen atoms in total. The summed E-state index contributed by atoms with van der Waals surface area (Å²) in [6, 6.07) is 1.81. The van der Waals surface area contributed by atoms with Gasteiger partial charge in [-0.2, -0.15) is 18.4 Å². The van der Waals surface area contributed by atoms with Gasteiger partial charge in [0.05, 0.1) is 23.7 Å². The zero-order chi connectivity index (χ0) is 20.5. The summed E-state index contributed by atoms with van der Waals surface area (Å²) in [6.07, 6.45) is -5.09. The average molecular weight is 388 g/mol. The predicted molar refractivity (Wildman–Crippen MR) is 81.3 cm³/mol. The molecule has 0 bridgehead atoms. The van der Waals surface area contributed by atoms with Gasteiger partial charge < -0.3 is 15.2 Å². The smallest absolute Gasteiger partial charge is 0.416 e. The van der Waals surface area contributed by atoms with Crippen LogP contribution in [0.4, 0.5) is 22.0 Å². The molecule has 2 rings (SSSR count). The van der Waals surface area contributed by atoms with E-state index < -0.39 is 57.9 Å². The molecule has 2 N–H and O–H groups in total. The number of nitriles is 1. The lowest BCUT2D eigenvalue weighted by molar-refractivity contribution is -0.141. The highest BCUT2D eigenvalue weighted by Gasteiger charge is 2.43. The highest BCUT2D eigenvalue weighted by atomic mass is 19.4. The van der Waals surface area contributed by atoms with Crippen molar-refractivity contribution >= 4 is 5.97 Å². The van der Waals surface area contributed by atoms with Gasteiger partial charge in [-0.1, -0.05) is 0 Å². The number of rotatable bonds is 3. The third kappa shape index (κ3) is 3.72. The normalized spacial score (nSPS) is 17.5. The molecule has 0 spiro atoms. The van der Waals surface area contributed by atoms with Crippen LogP contribution in [0.1, 0.15) is 30.9 Å². The SMILES string of the molecule is CCOC(=O)C1=C(C)OC(N)=C(C#N)C1c1cc(F)c(F)cc1C(F)(F)F. The molecular weight excluding hydrogens is 375 g/mol. The van der Waals surface area contributed by atoms with E-state index in [2.05, 4.69) is 0 Å². The van der Waals surface area contributed by atoms with Crippen LogP contribution in [0.2, 0.25) is 0 Å². The number of hydrogen-bond acceptors (Lipinski definition) is 5. The van der Waals surface area contributed by atoms with Gasteiger partial charge >= 0.3 is 12.1 Å². The Hall–Kier alpha value is -3.09.